The molecular weight excluding hydrogens is 414 g/mol. The van der Waals surface area contributed by atoms with Crippen LogP contribution in [-0.4, -0.2) is 48.2 Å². The summed E-state index contributed by atoms with van der Waals surface area (Å²) >= 11 is 0. The van der Waals surface area contributed by atoms with Gasteiger partial charge in [-0.05, 0) is 79.8 Å². The van der Waals surface area contributed by atoms with Crippen molar-refractivity contribution in [1.82, 2.24) is 14.8 Å². The minimum atomic E-state index is -0.142. The summed E-state index contributed by atoms with van der Waals surface area (Å²) in [6.07, 6.45) is 6.82. The van der Waals surface area contributed by atoms with E-state index in [1.807, 2.05) is 12.3 Å². The summed E-state index contributed by atoms with van der Waals surface area (Å²) in [4.78, 5) is 28.3. The molecular formula is C27H37N3O3. The van der Waals surface area contributed by atoms with Gasteiger partial charge in [0.05, 0.1) is 5.92 Å². The van der Waals surface area contributed by atoms with Gasteiger partial charge in [0, 0.05) is 52.2 Å². The van der Waals surface area contributed by atoms with Crippen molar-refractivity contribution < 1.29 is 9.53 Å². The molecule has 2 atom stereocenters. The summed E-state index contributed by atoms with van der Waals surface area (Å²) in [6, 6.07) is 10.7. The highest BCUT2D eigenvalue weighted by atomic mass is 16.5. The molecule has 1 aromatic carbocycles. The maximum Gasteiger partial charge on any atom is 0.250 e. The summed E-state index contributed by atoms with van der Waals surface area (Å²) in [5.74, 6) is 0.159. The Morgan fingerprint density at radius 3 is 2.76 bits per heavy atom. The molecule has 1 unspecified atom stereocenters. The molecule has 2 aliphatic rings. The summed E-state index contributed by atoms with van der Waals surface area (Å²) in [5, 5.41) is 3.43. The molecule has 6 nitrogen and oxygen atoms in total. The van der Waals surface area contributed by atoms with Gasteiger partial charge in [0.15, 0.2) is 0 Å². The number of rotatable bonds is 9. The second-order valence-electron chi connectivity index (χ2n) is 9.67. The fourth-order valence-corrected chi connectivity index (χ4v) is 4.95. The largest absolute Gasteiger partial charge is 0.385 e. The Morgan fingerprint density at radius 1 is 1.21 bits per heavy atom. The van der Waals surface area contributed by atoms with E-state index in [0.29, 0.717) is 19.1 Å². The molecule has 2 aromatic rings. The van der Waals surface area contributed by atoms with E-state index in [1.165, 1.54) is 16.7 Å². The fraction of sp³-hybridized carbons (Fsp3) is 0.556. The number of carbonyl (C=O) groups excluding carboxylic acids is 1. The van der Waals surface area contributed by atoms with Crippen molar-refractivity contribution in [3.8, 4) is 0 Å². The molecule has 0 bridgehead atoms. The average Bonchev–Trinajstić information content (AvgIpc) is 3.66. The summed E-state index contributed by atoms with van der Waals surface area (Å²) < 4.78 is 6.78. The van der Waals surface area contributed by atoms with E-state index >= 15 is 0 Å². The summed E-state index contributed by atoms with van der Waals surface area (Å²) in [5.41, 5.74) is 4.74. The van der Waals surface area contributed by atoms with E-state index < -0.39 is 0 Å². The number of nitrogens with zero attached hydrogens (tertiary/aromatic N) is 2. The second-order valence-corrected chi connectivity index (χ2v) is 9.67. The number of hydrogen-bond acceptors (Lipinski definition) is 4. The number of hydrogen-bond donors (Lipinski definition) is 1. The van der Waals surface area contributed by atoms with E-state index in [9.17, 15) is 9.59 Å². The highest BCUT2D eigenvalue weighted by Crippen LogP contribution is 2.36. The molecule has 1 saturated heterocycles. The molecule has 6 heteroatoms. The van der Waals surface area contributed by atoms with Crippen LogP contribution >= 0.6 is 0 Å². The van der Waals surface area contributed by atoms with E-state index in [-0.39, 0.29) is 23.3 Å². The lowest BCUT2D eigenvalue weighted by Crippen LogP contribution is -2.47. The zero-order valence-corrected chi connectivity index (χ0v) is 20.2. The summed E-state index contributed by atoms with van der Waals surface area (Å²) in [7, 11) is 3.50. The molecule has 1 saturated carbocycles. The van der Waals surface area contributed by atoms with Crippen LogP contribution in [0.5, 0.6) is 0 Å². The zero-order chi connectivity index (χ0) is 23.4. The zero-order valence-electron chi connectivity index (χ0n) is 20.2. The molecule has 1 aromatic heterocycles. The van der Waals surface area contributed by atoms with E-state index in [4.69, 9.17) is 4.74 Å². The maximum absolute atomic E-state index is 13.9. The average molecular weight is 452 g/mol. The van der Waals surface area contributed by atoms with Crippen LogP contribution in [0, 0.1) is 12.8 Å². The summed E-state index contributed by atoms with van der Waals surface area (Å²) in [6.45, 7) is 5.09. The molecule has 0 spiro atoms. The van der Waals surface area contributed by atoms with Crippen molar-refractivity contribution in [3.63, 3.8) is 0 Å². The van der Waals surface area contributed by atoms with Crippen molar-refractivity contribution >= 4 is 5.91 Å². The van der Waals surface area contributed by atoms with Crippen LogP contribution in [0.15, 0.2) is 41.3 Å². The predicted molar refractivity (Wildman–Crippen MR) is 130 cm³/mol. The van der Waals surface area contributed by atoms with Crippen LogP contribution in [0.1, 0.15) is 53.9 Å². The van der Waals surface area contributed by atoms with Crippen LogP contribution < -0.4 is 10.9 Å². The third kappa shape index (κ3) is 5.74. The molecule has 0 radical (unpaired) electrons. The standard InChI is InChI=1S/C27H37N3O3/c1-19-6-7-20(5-4-14-33-3)15-22(19)18-30(23-8-9-23)27(32)25-17-28-12-10-24(25)21-11-13-29(2)26(31)16-21/h6-7,11,13,15-16,23-25,28H,4-5,8-10,12,14,17-18H2,1-3H3/t24?,25-/m0/s1. The van der Waals surface area contributed by atoms with Crippen LogP contribution in [0.25, 0.3) is 0 Å². The van der Waals surface area contributed by atoms with Gasteiger partial charge in [0.2, 0.25) is 5.91 Å². The minimum absolute atomic E-state index is 0.0165. The van der Waals surface area contributed by atoms with Crippen molar-refractivity contribution in [2.24, 2.45) is 13.0 Å². The van der Waals surface area contributed by atoms with E-state index in [1.54, 1.807) is 24.8 Å². The van der Waals surface area contributed by atoms with Gasteiger partial charge in [-0.1, -0.05) is 18.2 Å². The lowest BCUT2D eigenvalue weighted by Gasteiger charge is -2.36. The number of amides is 1. The van der Waals surface area contributed by atoms with Crippen LogP contribution in [-0.2, 0) is 29.5 Å². The highest BCUT2D eigenvalue weighted by molar-refractivity contribution is 5.81. The van der Waals surface area contributed by atoms with E-state index in [2.05, 4.69) is 35.3 Å². The quantitative estimate of drug-likeness (QED) is 0.595. The highest BCUT2D eigenvalue weighted by Gasteiger charge is 2.40. The molecule has 1 aliphatic heterocycles. The Hall–Kier alpha value is -2.44. The van der Waals surface area contributed by atoms with Gasteiger partial charge in [0.25, 0.3) is 5.56 Å². The maximum atomic E-state index is 13.9. The first kappa shape index (κ1) is 23.7. The number of methoxy groups -OCH3 is 1. The molecule has 33 heavy (non-hydrogen) atoms. The first-order valence-electron chi connectivity index (χ1n) is 12.2. The molecule has 1 N–H and O–H groups in total. The number of ether oxygens (including phenoxy) is 1. The van der Waals surface area contributed by atoms with Crippen LogP contribution in [0.4, 0.5) is 0 Å². The molecule has 178 valence electrons. The first-order chi connectivity index (χ1) is 16.0. The normalized spacial score (nSPS) is 20.6. The number of pyridine rings is 1. The Labute approximate surface area is 196 Å². The molecule has 1 aliphatic carbocycles. The van der Waals surface area contributed by atoms with Gasteiger partial charge >= 0.3 is 0 Å². The number of piperidine rings is 1. The Kier molecular flexibility index (Phi) is 7.66. The smallest absolute Gasteiger partial charge is 0.250 e. The molecule has 2 heterocycles. The topological polar surface area (TPSA) is 63.6 Å². The third-order valence-corrected chi connectivity index (χ3v) is 7.19. The Balaban J connectivity index is 1.55. The first-order valence-corrected chi connectivity index (χ1v) is 12.2. The van der Waals surface area contributed by atoms with Gasteiger partial charge in [-0.2, -0.15) is 0 Å². The van der Waals surface area contributed by atoms with E-state index in [0.717, 1.165) is 50.8 Å². The molecule has 4 rings (SSSR count). The Bertz CT molecular complexity index is 1030. The number of nitrogens with one attached hydrogen (secondary N) is 1. The second kappa shape index (κ2) is 10.7. The van der Waals surface area contributed by atoms with Crippen molar-refractivity contribution in [3.05, 3.63) is 69.1 Å². The number of aryl methyl sites for hydroxylation is 3. The van der Waals surface area contributed by atoms with Crippen molar-refractivity contribution in [1.29, 1.82) is 0 Å². The van der Waals surface area contributed by atoms with Gasteiger partial charge in [-0.15, -0.1) is 0 Å². The lowest BCUT2D eigenvalue weighted by atomic mass is 9.80. The van der Waals surface area contributed by atoms with Crippen LogP contribution in [0.2, 0.25) is 0 Å². The number of benzene rings is 1. The number of aromatic nitrogens is 1. The Morgan fingerprint density at radius 2 is 2.03 bits per heavy atom. The minimum Gasteiger partial charge on any atom is -0.385 e. The monoisotopic (exact) mass is 451 g/mol. The lowest BCUT2D eigenvalue weighted by molar-refractivity contribution is -0.138. The van der Waals surface area contributed by atoms with Gasteiger partial charge < -0.3 is 19.5 Å². The van der Waals surface area contributed by atoms with Gasteiger partial charge in [-0.3, -0.25) is 9.59 Å². The van der Waals surface area contributed by atoms with Crippen LogP contribution in [0.3, 0.4) is 0 Å². The fourth-order valence-electron chi connectivity index (χ4n) is 4.95. The third-order valence-electron chi connectivity index (χ3n) is 7.19. The SMILES string of the molecule is COCCCc1ccc(C)c(CN(C(=O)[C@H]2CNCCC2c2ccn(C)c(=O)c2)C2CC2)c1. The van der Waals surface area contributed by atoms with Gasteiger partial charge in [-0.25, -0.2) is 0 Å². The van der Waals surface area contributed by atoms with Gasteiger partial charge in [0.1, 0.15) is 0 Å². The number of carbonyl (C=O) groups is 1. The predicted octanol–water partition coefficient (Wildman–Crippen LogP) is 3.16. The van der Waals surface area contributed by atoms with Crippen molar-refractivity contribution in [2.75, 3.05) is 26.8 Å². The van der Waals surface area contributed by atoms with Crippen molar-refractivity contribution in [2.45, 2.75) is 57.5 Å². The molecule has 2 fully saturated rings. The molecule has 1 amide bonds.